The number of thiophene rings is 1. The van der Waals surface area contributed by atoms with Crippen molar-refractivity contribution in [3.63, 3.8) is 0 Å². The van der Waals surface area contributed by atoms with Gasteiger partial charge in [0.25, 0.3) is 5.91 Å². The SMILES string of the molecule is O=C(NCc1cnn(-c2ccccc2)c1)c1ccc(-c2ccc(F)cc2)s1. The minimum atomic E-state index is -0.274. The molecule has 134 valence electrons. The molecule has 6 heteroatoms. The van der Waals surface area contributed by atoms with Crippen LogP contribution in [0.2, 0.25) is 0 Å². The fourth-order valence-electron chi connectivity index (χ4n) is 2.67. The Kier molecular flexibility index (Phi) is 4.80. The maximum Gasteiger partial charge on any atom is 0.261 e. The van der Waals surface area contributed by atoms with Gasteiger partial charge >= 0.3 is 0 Å². The fourth-order valence-corrected chi connectivity index (χ4v) is 3.60. The van der Waals surface area contributed by atoms with Crippen LogP contribution in [0.3, 0.4) is 0 Å². The Labute approximate surface area is 159 Å². The molecule has 2 heterocycles. The first-order valence-corrected chi connectivity index (χ1v) is 9.24. The monoisotopic (exact) mass is 377 g/mol. The zero-order chi connectivity index (χ0) is 18.6. The minimum absolute atomic E-state index is 0.138. The van der Waals surface area contributed by atoms with Crippen LogP contribution in [0.4, 0.5) is 4.39 Å². The van der Waals surface area contributed by atoms with E-state index in [0.29, 0.717) is 11.4 Å². The topological polar surface area (TPSA) is 46.9 Å². The summed E-state index contributed by atoms with van der Waals surface area (Å²) in [7, 11) is 0. The Bertz CT molecular complexity index is 1050. The molecular weight excluding hydrogens is 361 g/mol. The lowest BCUT2D eigenvalue weighted by Crippen LogP contribution is -2.21. The Morgan fingerprint density at radius 2 is 1.81 bits per heavy atom. The molecule has 4 rings (SSSR count). The van der Waals surface area contributed by atoms with Crippen LogP contribution in [0.5, 0.6) is 0 Å². The van der Waals surface area contributed by atoms with Crippen molar-refractivity contribution in [3.05, 3.63) is 95.4 Å². The van der Waals surface area contributed by atoms with Crippen LogP contribution in [0.1, 0.15) is 15.2 Å². The molecule has 2 aromatic carbocycles. The van der Waals surface area contributed by atoms with Gasteiger partial charge in [0.1, 0.15) is 5.82 Å². The Balaban J connectivity index is 1.40. The van der Waals surface area contributed by atoms with E-state index < -0.39 is 0 Å². The average Bonchev–Trinajstić information content (AvgIpc) is 3.37. The number of rotatable bonds is 5. The van der Waals surface area contributed by atoms with E-state index in [1.54, 1.807) is 29.1 Å². The lowest BCUT2D eigenvalue weighted by Gasteiger charge is -2.02. The van der Waals surface area contributed by atoms with Gasteiger partial charge in [0, 0.05) is 23.2 Å². The van der Waals surface area contributed by atoms with Gasteiger partial charge in [0.2, 0.25) is 0 Å². The van der Waals surface area contributed by atoms with E-state index in [4.69, 9.17) is 0 Å². The molecule has 4 aromatic rings. The predicted molar refractivity (Wildman–Crippen MR) is 104 cm³/mol. The maximum atomic E-state index is 13.0. The molecule has 27 heavy (non-hydrogen) atoms. The number of hydrogen-bond acceptors (Lipinski definition) is 3. The molecule has 4 nitrogen and oxygen atoms in total. The number of amides is 1. The molecule has 0 aliphatic heterocycles. The number of nitrogens with one attached hydrogen (secondary N) is 1. The van der Waals surface area contributed by atoms with Crippen molar-refractivity contribution >= 4 is 17.2 Å². The Morgan fingerprint density at radius 1 is 1.04 bits per heavy atom. The van der Waals surface area contributed by atoms with Gasteiger partial charge < -0.3 is 5.32 Å². The number of para-hydroxylation sites is 1. The van der Waals surface area contributed by atoms with Crippen molar-refractivity contribution < 1.29 is 9.18 Å². The number of halogens is 1. The molecule has 0 unspecified atom stereocenters. The van der Waals surface area contributed by atoms with Crippen LogP contribution in [0.25, 0.3) is 16.1 Å². The van der Waals surface area contributed by atoms with E-state index in [2.05, 4.69) is 10.4 Å². The lowest BCUT2D eigenvalue weighted by atomic mass is 10.2. The van der Waals surface area contributed by atoms with Crippen molar-refractivity contribution in [1.29, 1.82) is 0 Å². The van der Waals surface area contributed by atoms with Gasteiger partial charge in [0.05, 0.1) is 16.8 Å². The number of aromatic nitrogens is 2. The molecule has 0 atom stereocenters. The number of hydrogen-bond donors (Lipinski definition) is 1. The quantitative estimate of drug-likeness (QED) is 0.549. The molecule has 1 amide bonds. The molecule has 0 radical (unpaired) electrons. The van der Waals surface area contributed by atoms with Crippen molar-refractivity contribution in [2.45, 2.75) is 6.54 Å². The summed E-state index contributed by atoms with van der Waals surface area (Å²) in [6.45, 7) is 0.398. The highest BCUT2D eigenvalue weighted by Crippen LogP contribution is 2.28. The Morgan fingerprint density at radius 3 is 2.59 bits per heavy atom. The molecular formula is C21H16FN3OS. The molecule has 0 aliphatic rings. The molecule has 0 spiro atoms. The van der Waals surface area contributed by atoms with E-state index in [1.165, 1.54) is 23.5 Å². The molecule has 2 aromatic heterocycles. The van der Waals surface area contributed by atoms with Crippen LogP contribution in [0.15, 0.2) is 79.1 Å². The van der Waals surface area contributed by atoms with Gasteiger partial charge in [-0.2, -0.15) is 5.10 Å². The first-order chi connectivity index (χ1) is 13.2. The van der Waals surface area contributed by atoms with E-state index in [1.807, 2.05) is 42.6 Å². The second kappa shape index (κ2) is 7.55. The second-order valence-corrected chi connectivity index (χ2v) is 7.07. The number of nitrogens with zero attached hydrogens (tertiary/aromatic N) is 2. The van der Waals surface area contributed by atoms with Gasteiger partial charge in [-0.1, -0.05) is 30.3 Å². The predicted octanol–water partition coefficient (Wildman–Crippen LogP) is 4.67. The lowest BCUT2D eigenvalue weighted by molar-refractivity contribution is 0.0955. The molecule has 0 aliphatic carbocycles. The van der Waals surface area contributed by atoms with E-state index in [0.717, 1.165) is 21.7 Å². The first-order valence-electron chi connectivity index (χ1n) is 8.42. The molecule has 0 bridgehead atoms. The van der Waals surface area contributed by atoms with Gasteiger partial charge in [-0.05, 0) is 42.0 Å². The Hall–Kier alpha value is -3.25. The van der Waals surface area contributed by atoms with Crippen LogP contribution in [-0.4, -0.2) is 15.7 Å². The van der Waals surface area contributed by atoms with E-state index >= 15 is 0 Å². The summed E-state index contributed by atoms with van der Waals surface area (Å²) in [6.07, 6.45) is 3.64. The van der Waals surface area contributed by atoms with Gasteiger partial charge in [-0.25, -0.2) is 9.07 Å². The van der Waals surface area contributed by atoms with Crippen molar-refractivity contribution in [1.82, 2.24) is 15.1 Å². The van der Waals surface area contributed by atoms with Crippen molar-refractivity contribution in [2.75, 3.05) is 0 Å². The molecule has 0 saturated heterocycles. The van der Waals surface area contributed by atoms with Crippen LogP contribution in [0, 0.1) is 5.82 Å². The van der Waals surface area contributed by atoms with Crippen LogP contribution in [-0.2, 0) is 6.54 Å². The first kappa shape index (κ1) is 17.2. The summed E-state index contributed by atoms with van der Waals surface area (Å²) in [4.78, 5) is 13.9. The highest BCUT2D eigenvalue weighted by Gasteiger charge is 2.11. The largest absolute Gasteiger partial charge is 0.347 e. The normalized spacial score (nSPS) is 10.7. The number of benzene rings is 2. The summed E-state index contributed by atoms with van der Waals surface area (Å²) in [5.74, 6) is -0.412. The van der Waals surface area contributed by atoms with Crippen molar-refractivity contribution in [2.24, 2.45) is 0 Å². The zero-order valence-electron chi connectivity index (χ0n) is 14.3. The summed E-state index contributed by atoms with van der Waals surface area (Å²) in [5, 5.41) is 7.24. The highest BCUT2D eigenvalue weighted by atomic mass is 32.1. The molecule has 1 N–H and O–H groups in total. The summed E-state index contributed by atoms with van der Waals surface area (Å²) >= 11 is 1.38. The summed E-state index contributed by atoms with van der Waals surface area (Å²) in [6, 6.07) is 19.7. The van der Waals surface area contributed by atoms with Gasteiger partial charge in [0.15, 0.2) is 0 Å². The summed E-state index contributed by atoms with van der Waals surface area (Å²) in [5.41, 5.74) is 2.78. The second-order valence-electron chi connectivity index (χ2n) is 5.98. The maximum absolute atomic E-state index is 13.0. The van der Waals surface area contributed by atoms with Gasteiger partial charge in [-0.3, -0.25) is 4.79 Å². The standard InChI is InChI=1S/C21H16FN3OS/c22-17-8-6-16(7-9-17)19-10-11-20(27-19)21(26)23-12-15-13-24-25(14-15)18-4-2-1-3-5-18/h1-11,13-14H,12H2,(H,23,26). The minimum Gasteiger partial charge on any atom is -0.347 e. The third kappa shape index (κ3) is 3.96. The van der Waals surface area contributed by atoms with Crippen molar-refractivity contribution in [3.8, 4) is 16.1 Å². The van der Waals surface area contributed by atoms with E-state index in [-0.39, 0.29) is 11.7 Å². The van der Waals surface area contributed by atoms with E-state index in [9.17, 15) is 9.18 Å². The third-order valence-electron chi connectivity index (χ3n) is 4.07. The molecule has 0 saturated carbocycles. The smallest absolute Gasteiger partial charge is 0.261 e. The summed E-state index contributed by atoms with van der Waals surface area (Å²) < 4.78 is 14.8. The number of carbonyl (C=O) groups excluding carboxylic acids is 1. The zero-order valence-corrected chi connectivity index (χ0v) is 15.1. The van der Waals surface area contributed by atoms with Crippen LogP contribution < -0.4 is 5.32 Å². The third-order valence-corrected chi connectivity index (χ3v) is 5.20. The molecule has 0 fully saturated rings. The average molecular weight is 377 g/mol. The van der Waals surface area contributed by atoms with Gasteiger partial charge in [-0.15, -0.1) is 11.3 Å². The fraction of sp³-hybridized carbons (Fsp3) is 0.0476. The van der Waals surface area contributed by atoms with Crippen LogP contribution >= 0.6 is 11.3 Å². The highest BCUT2D eigenvalue weighted by molar-refractivity contribution is 7.17. The number of carbonyl (C=O) groups is 1.